The molecule has 0 spiro atoms. The molecule has 0 aliphatic carbocycles. The highest BCUT2D eigenvalue weighted by Crippen LogP contribution is 2.31. The molecule has 1 saturated heterocycles. The molecule has 138 valence electrons. The second-order valence-electron chi connectivity index (χ2n) is 7.04. The van der Waals surface area contributed by atoms with Crippen LogP contribution in [0.1, 0.15) is 23.1 Å². The lowest BCUT2D eigenvalue weighted by Gasteiger charge is -2.39. The number of carbonyl (C=O) groups is 2. The number of likely N-dealkylation sites (tertiary alicyclic amines) is 1. The lowest BCUT2D eigenvalue weighted by Crippen LogP contribution is -2.56. The van der Waals surface area contributed by atoms with E-state index in [2.05, 4.69) is 5.32 Å². The minimum Gasteiger partial charge on any atom is -0.489 e. The number of fused-ring (bicyclic) bond motifs is 1. The molecule has 5 nitrogen and oxygen atoms in total. The van der Waals surface area contributed by atoms with Crippen molar-refractivity contribution in [1.29, 1.82) is 0 Å². The average molecular weight is 362 g/mol. The number of carbonyl (C=O) groups excluding carboxylic acids is 2. The van der Waals surface area contributed by atoms with Gasteiger partial charge in [-0.15, -0.1) is 0 Å². The summed E-state index contributed by atoms with van der Waals surface area (Å²) in [5.41, 5.74) is 4.52. The Morgan fingerprint density at radius 2 is 1.85 bits per heavy atom. The number of para-hydroxylation sites is 2. The molecule has 2 aliphatic heterocycles. The van der Waals surface area contributed by atoms with Gasteiger partial charge in [-0.2, -0.15) is 0 Å². The number of nitrogens with zero attached hydrogens (tertiary/aromatic N) is 1. The predicted octanol–water partition coefficient (Wildman–Crippen LogP) is 3.32. The van der Waals surface area contributed by atoms with Crippen molar-refractivity contribution in [2.45, 2.75) is 26.3 Å². The van der Waals surface area contributed by atoms with Gasteiger partial charge < -0.3 is 15.0 Å². The Bertz CT molecular complexity index is 928. The minimum atomic E-state index is -0.654. The maximum atomic E-state index is 13.2. The van der Waals surface area contributed by atoms with Gasteiger partial charge in [-0.1, -0.05) is 36.4 Å². The van der Waals surface area contributed by atoms with Crippen LogP contribution in [0.15, 0.2) is 48.0 Å². The number of rotatable bonds is 4. The summed E-state index contributed by atoms with van der Waals surface area (Å²) in [5, 5.41) is 3.04. The first-order chi connectivity index (χ1) is 13.0. The van der Waals surface area contributed by atoms with Gasteiger partial charge in [-0.25, -0.2) is 0 Å². The largest absolute Gasteiger partial charge is 0.489 e. The molecule has 2 aliphatic rings. The van der Waals surface area contributed by atoms with Crippen molar-refractivity contribution >= 4 is 23.6 Å². The summed E-state index contributed by atoms with van der Waals surface area (Å²) in [7, 11) is 0. The first-order valence-electron chi connectivity index (χ1n) is 9.13. The second-order valence-corrected chi connectivity index (χ2v) is 7.04. The summed E-state index contributed by atoms with van der Waals surface area (Å²) < 4.78 is 5.83. The number of β-lactam (4-membered cyclic amide) rings is 1. The number of nitrogens with one attached hydrogen (secondary N) is 1. The van der Waals surface area contributed by atoms with E-state index < -0.39 is 6.04 Å². The fraction of sp³-hybridized carbons (Fsp3) is 0.273. The van der Waals surface area contributed by atoms with E-state index in [4.69, 9.17) is 4.74 Å². The maximum Gasteiger partial charge on any atom is 0.251 e. The molecular weight excluding hydrogens is 340 g/mol. The van der Waals surface area contributed by atoms with Crippen molar-refractivity contribution in [3.8, 4) is 5.75 Å². The highest BCUT2D eigenvalue weighted by atomic mass is 16.5. The summed E-state index contributed by atoms with van der Waals surface area (Å²) in [6, 6.07) is 12.9. The van der Waals surface area contributed by atoms with Gasteiger partial charge in [0.2, 0.25) is 5.91 Å². The number of benzene rings is 2. The third-order valence-electron chi connectivity index (χ3n) is 5.18. The zero-order valence-corrected chi connectivity index (χ0v) is 15.5. The molecule has 0 aromatic heterocycles. The SMILES string of the molecule is Cc1cccc(C)c1NC(=O)[C@H](C1=Cc2ccccc2OC1)N1CCC1=O. The monoisotopic (exact) mass is 362 g/mol. The summed E-state index contributed by atoms with van der Waals surface area (Å²) in [6.07, 6.45) is 2.46. The van der Waals surface area contributed by atoms with Crippen LogP contribution >= 0.6 is 0 Å². The van der Waals surface area contributed by atoms with Gasteiger partial charge in [0, 0.05) is 24.2 Å². The first-order valence-corrected chi connectivity index (χ1v) is 9.13. The van der Waals surface area contributed by atoms with Crippen LogP contribution < -0.4 is 10.1 Å². The molecule has 1 N–H and O–H groups in total. The zero-order valence-electron chi connectivity index (χ0n) is 15.5. The topological polar surface area (TPSA) is 58.6 Å². The lowest BCUT2D eigenvalue weighted by molar-refractivity contribution is -0.145. The normalized spacial score (nSPS) is 16.6. The number of anilines is 1. The van der Waals surface area contributed by atoms with Crippen LogP contribution in [-0.4, -0.2) is 35.9 Å². The number of amides is 2. The van der Waals surface area contributed by atoms with Crippen molar-refractivity contribution in [2.75, 3.05) is 18.5 Å². The fourth-order valence-electron chi connectivity index (χ4n) is 3.61. The van der Waals surface area contributed by atoms with Crippen LogP contribution in [-0.2, 0) is 9.59 Å². The summed E-state index contributed by atoms with van der Waals surface area (Å²) in [5.74, 6) is 0.594. The van der Waals surface area contributed by atoms with Gasteiger partial charge in [0.1, 0.15) is 18.4 Å². The fourth-order valence-corrected chi connectivity index (χ4v) is 3.61. The third-order valence-corrected chi connectivity index (χ3v) is 5.18. The molecule has 5 heteroatoms. The highest BCUT2D eigenvalue weighted by molar-refractivity contribution is 6.02. The number of hydrogen-bond acceptors (Lipinski definition) is 3. The van der Waals surface area contributed by atoms with Gasteiger partial charge >= 0.3 is 0 Å². The smallest absolute Gasteiger partial charge is 0.251 e. The van der Waals surface area contributed by atoms with Crippen LogP contribution in [0.5, 0.6) is 5.75 Å². The van der Waals surface area contributed by atoms with Crippen molar-refractivity contribution in [1.82, 2.24) is 4.90 Å². The zero-order chi connectivity index (χ0) is 19.0. The molecule has 2 amide bonds. The van der Waals surface area contributed by atoms with E-state index in [9.17, 15) is 9.59 Å². The van der Waals surface area contributed by atoms with E-state index in [1.54, 1.807) is 4.90 Å². The van der Waals surface area contributed by atoms with Gasteiger partial charge in [0.15, 0.2) is 0 Å². The van der Waals surface area contributed by atoms with Crippen molar-refractivity contribution < 1.29 is 14.3 Å². The summed E-state index contributed by atoms with van der Waals surface area (Å²) in [4.78, 5) is 27.0. The van der Waals surface area contributed by atoms with Crippen LogP contribution in [0.3, 0.4) is 0 Å². The van der Waals surface area contributed by atoms with Crippen LogP contribution in [0.2, 0.25) is 0 Å². The molecule has 1 fully saturated rings. The molecule has 4 rings (SSSR count). The number of ether oxygens (including phenoxy) is 1. The van der Waals surface area contributed by atoms with Crippen LogP contribution in [0, 0.1) is 13.8 Å². The van der Waals surface area contributed by atoms with Crippen LogP contribution in [0.4, 0.5) is 5.69 Å². The third kappa shape index (κ3) is 3.21. The standard InChI is InChI=1S/C22H22N2O3/c1-14-6-5-7-15(2)20(14)23-22(26)21(24-11-10-19(24)25)17-12-16-8-3-4-9-18(16)27-13-17/h3-9,12,21H,10-11,13H2,1-2H3,(H,23,26)/t21-/m0/s1. The molecule has 2 heterocycles. The summed E-state index contributed by atoms with van der Waals surface area (Å²) >= 11 is 0. The first kappa shape index (κ1) is 17.3. The Morgan fingerprint density at radius 3 is 2.52 bits per heavy atom. The van der Waals surface area contributed by atoms with E-state index in [0.29, 0.717) is 19.6 Å². The van der Waals surface area contributed by atoms with Crippen molar-refractivity contribution in [2.24, 2.45) is 0 Å². The number of hydrogen-bond donors (Lipinski definition) is 1. The van der Waals surface area contributed by atoms with E-state index in [-0.39, 0.29) is 11.8 Å². The predicted molar refractivity (Wildman–Crippen MR) is 105 cm³/mol. The lowest BCUT2D eigenvalue weighted by atomic mass is 9.96. The number of aryl methyl sites for hydroxylation is 2. The van der Waals surface area contributed by atoms with Gasteiger partial charge in [0.25, 0.3) is 5.91 Å². The van der Waals surface area contributed by atoms with Gasteiger partial charge in [-0.3, -0.25) is 9.59 Å². The van der Waals surface area contributed by atoms with E-state index in [1.807, 2.05) is 62.4 Å². The van der Waals surface area contributed by atoms with E-state index in [0.717, 1.165) is 33.7 Å². The molecule has 0 saturated carbocycles. The molecule has 0 radical (unpaired) electrons. The molecule has 2 aromatic rings. The quantitative estimate of drug-likeness (QED) is 0.849. The van der Waals surface area contributed by atoms with E-state index >= 15 is 0 Å². The van der Waals surface area contributed by atoms with E-state index in [1.165, 1.54) is 0 Å². The maximum absolute atomic E-state index is 13.2. The molecule has 0 unspecified atom stereocenters. The molecule has 2 aromatic carbocycles. The summed E-state index contributed by atoms with van der Waals surface area (Å²) in [6.45, 7) is 4.81. The van der Waals surface area contributed by atoms with Crippen molar-refractivity contribution in [3.63, 3.8) is 0 Å². The molecule has 0 bridgehead atoms. The van der Waals surface area contributed by atoms with Gasteiger partial charge in [0.05, 0.1) is 0 Å². The van der Waals surface area contributed by atoms with Crippen LogP contribution in [0.25, 0.3) is 6.08 Å². The average Bonchev–Trinajstić information content (AvgIpc) is 2.67. The Balaban J connectivity index is 1.67. The minimum absolute atomic E-state index is 0.00332. The molecular formula is C22H22N2O3. The van der Waals surface area contributed by atoms with Crippen molar-refractivity contribution in [3.05, 3.63) is 64.7 Å². The second kappa shape index (κ2) is 6.91. The van der Waals surface area contributed by atoms with Gasteiger partial charge in [-0.05, 0) is 42.7 Å². The molecule has 1 atom stereocenters. The Kier molecular flexibility index (Phi) is 4.44. The Morgan fingerprint density at radius 1 is 1.11 bits per heavy atom. The Hall–Kier alpha value is -3.08. The Labute approximate surface area is 158 Å². The molecule has 27 heavy (non-hydrogen) atoms. The highest BCUT2D eigenvalue weighted by Gasteiger charge is 2.39.